The molecule has 1 rings (SSSR count). The fourth-order valence-electron chi connectivity index (χ4n) is 1.62. The van der Waals surface area contributed by atoms with Crippen molar-refractivity contribution in [1.29, 1.82) is 0 Å². The van der Waals surface area contributed by atoms with Gasteiger partial charge in [-0.25, -0.2) is 0 Å². The number of carboxylic acid groups (broad SMARTS) is 1. The van der Waals surface area contributed by atoms with E-state index in [4.69, 9.17) is 10.8 Å². The molecule has 8 heteroatoms. The van der Waals surface area contributed by atoms with Crippen LogP contribution in [-0.4, -0.2) is 47.1 Å². The zero-order valence-electron chi connectivity index (χ0n) is 11.2. The normalized spacial score (nSPS) is 11.5. The number of carboxylic acids is 1. The second-order valence-electron chi connectivity index (χ2n) is 4.31. The smallest absolute Gasteiger partial charge is 0.322 e. The van der Waals surface area contributed by atoms with Crippen molar-refractivity contribution in [1.82, 2.24) is 10.6 Å². The first kappa shape index (κ1) is 16.4. The van der Waals surface area contributed by atoms with Gasteiger partial charge in [0.05, 0.1) is 6.54 Å². The highest BCUT2D eigenvalue weighted by atomic mass is 16.4. The highest BCUT2D eigenvalue weighted by Gasteiger charge is 2.21. The molecular weight excluding hydrogens is 278 g/mol. The number of carbonyl (C=O) groups excluding carboxylic acids is 2. The Morgan fingerprint density at radius 2 is 1.81 bits per heavy atom. The number of carbonyl (C=O) groups is 3. The van der Waals surface area contributed by atoms with Crippen LogP contribution < -0.4 is 16.4 Å². The third kappa shape index (κ3) is 5.91. The van der Waals surface area contributed by atoms with Gasteiger partial charge in [-0.1, -0.05) is 12.1 Å². The van der Waals surface area contributed by atoms with Gasteiger partial charge < -0.3 is 26.6 Å². The third-order valence-corrected chi connectivity index (χ3v) is 2.63. The number of hydrogen-bond donors (Lipinski definition) is 5. The van der Waals surface area contributed by atoms with E-state index in [-0.39, 0.29) is 18.7 Å². The summed E-state index contributed by atoms with van der Waals surface area (Å²) in [6.07, 6.45) is 0.150. The number of nitrogens with one attached hydrogen (secondary N) is 2. The summed E-state index contributed by atoms with van der Waals surface area (Å²) < 4.78 is 0. The first-order valence-corrected chi connectivity index (χ1v) is 6.19. The average molecular weight is 295 g/mol. The lowest BCUT2D eigenvalue weighted by Gasteiger charge is -2.17. The van der Waals surface area contributed by atoms with Gasteiger partial charge in [0.2, 0.25) is 11.8 Å². The van der Waals surface area contributed by atoms with Gasteiger partial charge in [-0.2, -0.15) is 0 Å². The van der Waals surface area contributed by atoms with Crippen molar-refractivity contribution in [2.24, 2.45) is 5.73 Å². The Morgan fingerprint density at radius 1 is 1.19 bits per heavy atom. The van der Waals surface area contributed by atoms with Gasteiger partial charge in [-0.15, -0.1) is 0 Å². The van der Waals surface area contributed by atoms with Crippen LogP contribution in [0.5, 0.6) is 5.75 Å². The van der Waals surface area contributed by atoms with Crippen LogP contribution in [0, 0.1) is 0 Å². The predicted molar refractivity (Wildman–Crippen MR) is 73.4 cm³/mol. The zero-order valence-corrected chi connectivity index (χ0v) is 11.2. The summed E-state index contributed by atoms with van der Waals surface area (Å²) in [5.41, 5.74) is 5.88. The molecule has 6 N–H and O–H groups in total. The second-order valence-corrected chi connectivity index (χ2v) is 4.31. The maximum atomic E-state index is 11.9. The van der Waals surface area contributed by atoms with Crippen molar-refractivity contribution < 1.29 is 24.6 Å². The van der Waals surface area contributed by atoms with Crippen molar-refractivity contribution in [3.8, 4) is 5.75 Å². The average Bonchev–Trinajstić information content (AvgIpc) is 2.46. The number of hydrogen-bond acceptors (Lipinski definition) is 5. The molecule has 1 aromatic carbocycles. The van der Waals surface area contributed by atoms with Crippen molar-refractivity contribution in [3.63, 3.8) is 0 Å². The zero-order chi connectivity index (χ0) is 15.8. The first-order valence-electron chi connectivity index (χ1n) is 6.19. The van der Waals surface area contributed by atoms with Crippen molar-refractivity contribution in [2.75, 3.05) is 13.1 Å². The molecule has 1 atom stereocenters. The van der Waals surface area contributed by atoms with Crippen LogP contribution in [0.1, 0.15) is 5.56 Å². The maximum Gasteiger partial charge on any atom is 0.322 e. The molecule has 21 heavy (non-hydrogen) atoms. The minimum absolute atomic E-state index is 0.0802. The number of phenols is 1. The summed E-state index contributed by atoms with van der Waals surface area (Å²) in [6, 6.07) is 5.16. The maximum absolute atomic E-state index is 11.9. The lowest BCUT2D eigenvalue weighted by Crippen LogP contribution is -2.50. The number of aromatic hydroxyl groups is 1. The molecule has 1 aromatic rings. The molecule has 0 aromatic heterocycles. The Labute approximate surface area is 120 Å². The molecule has 0 radical (unpaired) electrons. The fraction of sp³-hybridized carbons (Fsp3) is 0.308. The van der Waals surface area contributed by atoms with E-state index in [0.717, 1.165) is 0 Å². The van der Waals surface area contributed by atoms with Gasteiger partial charge in [0.1, 0.15) is 18.3 Å². The molecule has 0 aliphatic carbocycles. The van der Waals surface area contributed by atoms with Crippen molar-refractivity contribution >= 4 is 17.8 Å². The molecule has 0 aliphatic rings. The van der Waals surface area contributed by atoms with Crippen LogP contribution >= 0.6 is 0 Å². The predicted octanol–water partition coefficient (Wildman–Crippen LogP) is -1.42. The quantitative estimate of drug-likeness (QED) is 0.418. The van der Waals surface area contributed by atoms with Crippen molar-refractivity contribution in [2.45, 2.75) is 12.5 Å². The molecule has 0 bridgehead atoms. The molecule has 114 valence electrons. The van der Waals surface area contributed by atoms with E-state index in [1.165, 1.54) is 12.1 Å². The Balaban J connectivity index is 2.75. The Bertz CT molecular complexity index is 515. The summed E-state index contributed by atoms with van der Waals surface area (Å²) in [6.45, 7) is -0.818. The van der Waals surface area contributed by atoms with E-state index in [1.807, 2.05) is 0 Å². The van der Waals surface area contributed by atoms with Gasteiger partial charge in [0, 0.05) is 6.42 Å². The van der Waals surface area contributed by atoms with Crippen LogP contribution in [0.25, 0.3) is 0 Å². The largest absolute Gasteiger partial charge is 0.508 e. The van der Waals surface area contributed by atoms with E-state index in [9.17, 15) is 19.5 Å². The van der Waals surface area contributed by atoms with E-state index < -0.39 is 30.4 Å². The third-order valence-electron chi connectivity index (χ3n) is 2.63. The van der Waals surface area contributed by atoms with E-state index in [1.54, 1.807) is 12.1 Å². The first-order chi connectivity index (χ1) is 9.92. The van der Waals surface area contributed by atoms with Crippen LogP contribution in [0.2, 0.25) is 0 Å². The SMILES string of the molecule is NCC(=O)N[C@H](Cc1ccc(O)cc1)C(=O)NCC(=O)O. The number of benzene rings is 1. The molecule has 8 nitrogen and oxygen atoms in total. The van der Waals surface area contributed by atoms with Gasteiger partial charge in [-0.05, 0) is 17.7 Å². The minimum atomic E-state index is -1.18. The van der Waals surface area contributed by atoms with Gasteiger partial charge in [0.25, 0.3) is 0 Å². The van der Waals surface area contributed by atoms with Crippen LogP contribution in [0.3, 0.4) is 0 Å². The molecule has 0 aliphatic heterocycles. The fourth-order valence-corrected chi connectivity index (χ4v) is 1.62. The summed E-state index contributed by atoms with van der Waals surface area (Å²) in [4.78, 5) is 33.7. The molecule has 0 fully saturated rings. The second kappa shape index (κ2) is 7.85. The van der Waals surface area contributed by atoms with Crippen molar-refractivity contribution in [3.05, 3.63) is 29.8 Å². The molecule has 0 spiro atoms. The van der Waals surface area contributed by atoms with E-state index in [0.29, 0.717) is 5.56 Å². The highest BCUT2D eigenvalue weighted by molar-refractivity contribution is 5.90. The molecule has 0 heterocycles. The molecule has 0 unspecified atom stereocenters. The molecule has 0 saturated carbocycles. The number of aliphatic carboxylic acids is 1. The highest BCUT2D eigenvalue weighted by Crippen LogP contribution is 2.11. The van der Waals surface area contributed by atoms with Crippen LogP contribution in [-0.2, 0) is 20.8 Å². The Morgan fingerprint density at radius 3 is 2.33 bits per heavy atom. The van der Waals surface area contributed by atoms with Gasteiger partial charge >= 0.3 is 5.97 Å². The Kier molecular flexibility index (Phi) is 6.15. The summed E-state index contributed by atoms with van der Waals surface area (Å²) in [7, 11) is 0. The summed E-state index contributed by atoms with van der Waals surface area (Å²) in [5, 5.41) is 22.4. The standard InChI is InChI=1S/C13H17N3O5/c14-6-11(18)16-10(13(21)15-7-12(19)20)5-8-1-3-9(17)4-2-8/h1-4,10,17H,5-7,14H2,(H,15,21)(H,16,18)(H,19,20)/t10-/m1/s1. The molecular formula is C13H17N3O5. The number of amides is 2. The Hall–Kier alpha value is -2.61. The van der Waals surface area contributed by atoms with E-state index >= 15 is 0 Å². The monoisotopic (exact) mass is 295 g/mol. The van der Waals surface area contributed by atoms with Gasteiger partial charge in [0.15, 0.2) is 0 Å². The number of rotatable bonds is 7. The van der Waals surface area contributed by atoms with E-state index in [2.05, 4.69) is 10.6 Å². The summed E-state index contributed by atoms with van der Waals surface area (Å²) >= 11 is 0. The topological polar surface area (TPSA) is 142 Å². The van der Waals surface area contributed by atoms with Crippen LogP contribution in [0.15, 0.2) is 24.3 Å². The number of nitrogens with two attached hydrogens (primary N) is 1. The minimum Gasteiger partial charge on any atom is -0.508 e. The number of phenolic OH excluding ortho intramolecular Hbond substituents is 1. The van der Waals surface area contributed by atoms with Crippen LogP contribution in [0.4, 0.5) is 0 Å². The lowest BCUT2D eigenvalue weighted by atomic mass is 10.0. The lowest BCUT2D eigenvalue weighted by molar-refractivity contribution is -0.138. The molecule has 2 amide bonds. The molecule has 0 saturated heterocycles. The van der Waals surface area contributed by atoms with Gasteiger partial charge in [-0.3, -0.25) is 14.4 Å². The summed E-state index contributed by atoms with van der Waals surface area (Å²) in [5.74, 6) is -2.25.